The molecule has 7 heteroatoms. The van der Waals surface area contributed by atoms with Crippen LogP contribution in [0.4, 0.5) is 5.69 Å². The summed E-state index contributed by atoms with van der Waals surface area (Å²) >= 11 is 3.03. The van der Waals surface area contributed by atoms with Gasteiger partial charge in [-0.2, -0.15) is 0 Å². The van der Waals surface area contributed by atoms with Gasteiger partial charge in [0.1, 0.15) is 4.47 Å². The van der Waals surface area contributed by atoms with Crippen LogP contribution in [0.1, 0.15) is 17.3 Å². The highest BCUT2D eigenvalue weighted by Gasteiger charge is 2.20. The molecule has 1 unspecified atom stereocenters. The van der Waals surface area contributed by atoms with Crippen LogP contribution in [0.15, 0.2) is 22.7 Å². The minimum atomic E-state index is -0.573. The first-order chi connectivity index (χ1) is 7.97. The molecular formula is C10H11BrN2O4. The van der Waals surface area contributed by atoms with Crippen LogP contribution in [0.2, 0.25) is 0 Å². The third-order valence-corrected chi connectivity index (χ3v) is 2.90. The van der Waals surface area contributed by atoms with Crippen molar-refractivity contribution < 1.29 is 14.8 Å². The van der Waals surface area contributed by atoms with Crippen LogP contribution in [0.3, 0.4) is 0 Å². The normalized spacial score (nSPS) is 11.9. The van der Waals surface area contributed by atoms with Gasteiger partial charge in [0.25, 0.3) is 11.6 Å². The van der Waals surface area contributed by atoms with E-state index in [1.165, 1.54) is 18.2 Å². The Bertz CT molecular complexity index is 450. The lowest BCUT2D eigenvalue weighted by Crippen LogP contribution is -2.35. The zero-order valence-corrected chi connectivity index (χ0v) is 10.6. The molecule has 0 radical (unpaired) electrons. The number of nitrogens with zero attached hydrogens (tertiary/aromatic N) is 1. The van der Waals surface area contributed by atoms with E-state index in [4.69, 9.17) is 5.11 Å². The molecule has 0 saturated carbocycles. The predicted octanol–water partition coefficient (Wildman–Crippen LogP) is 1.47. The highest BCUT2D eigenvalue weighted by molar-refractivity contribution is 9.10. The van der Waals surface area contributed by atoms with E-state index in [0.29, 0.717) is 0 Å². The average Bonchev–Trinajstić information content (AvgIpc) is 2.28. The summed E-state index contributed by atoms with van der Waals surface area (Å²) in [7, 11) is 0. The summed E-state index contributed by atoms with van der Waals surface area (Å²) in [4.78, 5) is 21.8. The molecule has 0 heterocycles. The molecule has 0 bridgehead atoms. The summed E-state index contributed by atoms with van der Waals surface area (Å²) in [5.74, 6) is -0.470. The van der Waals surface area contributed by atoms with Gasteiger partial charge in [0, 0.05) is 12.1 Å². The maximum absolute atomic E-state index is 11.7. The fourth-order valence-corrected chi connectivity index (χ4v) is 1.77. The van der Waals surface area contributed by atoms with Gasteiger partial charge in [-0.15, -0.1) is 0 Å². The number of nitro benzene ring substituents is 1. The van der Waals surface area contributed by atoms with E-state index in [0.717, 1.165) is 0 Å². The lowest BCUT2D eigenvalue weighted by Gasteiger charge is -2.11. The molecule has 0 aromatic heterocycles. The number of hydrogen-bond donors (Lipinski definition) is 2. The van der Waals surface area contributed by atoms with Crippen LogP contribution in [-0.4, -0.2) is 28.6 Å². The minimum absolute atomic E-state index is 0.132. The molecule has 0 aliphatic heterocycles. The summed E-state index contributed by atoms with van der Waals surface area (Å²) in [6, 6.07) is 3.79. The Morgan fingerprint density at radius 1 is 1.65 bits per heavy atom. The van der Waals surface area contributed by atoms with Crippen molar-refractivity contribution in [2.24, 2.45) is 0 Å². The molecule has 0 spiro atoms. The number of aliphatic hydroxyl groups is 1. The van der Waals surface area contributed by atoms with Gasteiger partial charge >= 0.3 is 0 Å². The van der Waals surface area contributed by atoms with Crippen molar-refractivity contribution in [1.82, 2.24) is 5.32 Å². The number of aliphatic hydroxyl groups excluding tert-OH is 1. The standard InChI is InChI=1S/C10H11BrN2O4/c1-6(5-14)12-10(15)7-3-2-4-8(9(7)11)13(16)17/h2-4,6,14H,5H2,1H3,(H,12,15). The number of amides is 1. The minimum Gasteiger partial charge on any atom is -0.394 e. The summed E-state index contributed by atoms with van der Waals surface area (Å²) < 4.78 is 0.132. The number of hydrogen-bond acceptors (Lipinski definition) is 4. The van der Waals surface area contributed by atoms with Crippen molar-refractivity contribution in [2.45, 2.75) is 13.0 Å². The van der Waals surface area contributed by atoms with E-state index in [9.17, 15) is 14.9 Å². The van der Waals surface area contributed by atoms with Gasteiger partial charge in [0.2, 0.25) is 0 Å². The van der Waals surface area contributed by atoms with Gasteiger partial charge in [-0.1, -0.05) is 6.07 Å². The van der Waals surface area contributed by atoms with Crippen LogP contribution in [0.5, 0.6) is 0 Å². The number of halogens is 1. The Morgan fingerprint density at radius 3 is 2.82 bits per heavy atom. The second-order valence-corrected chi connectivity index (χ2v) is 4.25. The lowest BCUT2D eigenvalue weighted by molar-refractivity contribution is -0.385. The molecule has 92 valence electrons. The smallest absolute Gasteiger partial charge is 0.284 e. The van der Waals surface area contributed by atoms with Gasteiger partial charge in [-0.25, -0.2) is 0 Å². The second kappa shape index (κ2) is 5.74. The van der Waals surface area contributed by atoms with E-state index in [-0.39, 0.29) is 22.3 Å². The van der Waals surface area contributed by atoms with E-state index in [2.05, 4.69) is 21.2 Å². The zero-order chi connectivity index (χ0) is 13.0. The molecular weight excluding hydrogens is 292 g/mol. The first-order valence-electron chi connectivity index (χ1n) is 4.82. The van der Waals surface area contributed by atoms with Gasteiger partial charge in [0.15, 0.2) is 0 Å². The van der Waals surface area contributed by atoms with Crippen LogP contribution in [-0.2, 0) is 0 Å². The van der Waals surface area contributed by atoms with Crippen LogP contribution in [0.25, 0.3) is 0 Å². The van der Waals surface area contributed by atoms with E-state index >= 15 is 0 Å². The molecule has 1 rings (SSSR count). The number of carbonyl (C=O) groups excluding carboxylic acids is 1. The number of rotatable bonds is 4. The van der Waals surface area contributed by atoms with Crippen molar-refractivity contribution in [3.8, 4) is 0 Å². The Labute approximate surface area is 106 Å². The Balaban J connectivity index is 3.02. The molecule has 1 atom stereocenters. The highest BCUT2D eigenvalue weighted by atomic mass is 79.9. The summed E-state index contributed by atoms with van der Waals surface area (Å²) in [5, 5.41) is 22.0. The molecule has 2 N–H and O–H groups in total. The number of benzene rings is 1. The van der Waals surface area contributed by atoms with Crippen LogP contribution < -0.4 is 5.32 Å². The number of carbonyl (C=O) groups is 1. The van der Waals surface area contributed by atoms with Gasteiger partial charge < -0.3 is 10.4 Å². The van der Waals surface area contributed by atoms with E-state index in [1.54, 1.807) is 6.92 Å². The van der Waals surface area contributed by atoms with E-state index in [1.807, 2.05) is 0 Å². The van der Waals surface area contributed by atoms with Crippen molar-refractivity contribution in [3.05, 3.63) is 38.3 Å². The maximum atomic E-state index is 11.7. The topological polar surface area (TPSA) is 92.5 Å². The quantitative estimate of drug-likeness (QED) is 0.650. The summed E-state index contributed by atoms with van der Waals surface area (Å²) in [6.07, 6.45) is 0. The second-order valence-electron chi connectivity index (χ2n) is 3.45. The van der Waals surface area contributed by atoms with Gasteiger partial charge in [-0.3, -0.25) is 14.9 Å². The van der Waals surface area contributed by atoms with Crippen LogP contribution >= 0.6 is 15.9 Å². The average molecular weight is 303 g/mol. The van der Waals surface area contributed by atoms with Crippen molar-refractivity contribution in [1.29, 1.82) is 0 Å². The highest BCUT2D eigenvalue weighted by Crippen LogP contribution is 2.28. The van der Waals surface area contributed by atoms with Crippen LogP contribution in [0, 0.1) is 10.1 Å². The Kier molecular flexibility index (Phi) is 4.59. The zero-order valence-electron chi connectivity index (χ0n) is 9.01. The fourth-order valence-electron chi connectivity index (χ4n) is 1.18. The summed E-state index contributed by atoms with van der Waals surface area (Å²) in [6.45, 7) is 1.43. The molecule has 1 amide bonds. The number of nitro groups is 1. The van der Waals surface area contributed by atoms with Crippen molar-refractivity contribution in [2.75, 3.05) is 6.61 Å². The fraction of sp³-hybridized carbons (Fsp3) is 0.300. The molecule has 1 aromatic rings. The number of nitrogens with one attached hydrogen (secondary N) is 1. The SMILES string of the molecule is CC(CO)NC(=O)c1cccc([N+](=O)[O-])c1Br. The van der Waals surface area contributed by atoms with Crippen molar-refractivity contribution >= 4 is 27.5 Å². The molecule has 1 aromatic carbocycles. The third-order valence-electron chi connectivity index (χ3n) is 2.07. The van der Waals surface area contributed by atoms with Gasteiger partial charge in [-0.05, 0) is 28.9 Å². The largest absolute Gasteiger partial charge is 0.394 e. The molecule has 17 heavy (non-hydrogen) atoms. The third kappa shape index (κ3) is 3.24. The molecule has 0 aliphatic rings. The maximum Gasteiger partial charge on any atom is 0.284 e. The predicted molar refractivity (Wildman–Crippen MR) is 64.8 cm³/mol. The molecule has 0 saturated heterocycles. The summed E-state index contributed by atoms with van der Waals surface area (Å²) in [5.41, 5.74) is -0.00574. The molecule has 0 fully saturated rings. The monoisotopic (exact) mass is 302 g/mol. The molecule has 6 nitrogen and oxygen atoms in total. The van der Waals surface area contributed by atoms with Crippen molar-refractivity contribution in [3.63, 3.8) is 0 Å². The Morgan fingerprint density at radius 2 is 2.29 bits per heavy atom. The van der Waals surface area contributed by atoms with E-state index < -0.39 is 16.9 Å². The first kappa shape index (κ1) is 13.6. The molecule has 0 aliphatic carbocycles. The Hall–Kier alpha value is -1.47. The lowest BCUT2D eigenvalue weighted by atomic mass is 10.2. The first-order valence-corrected chi connectivity index (χ1v) is 5.61. The van der Waals surface area contributed by atoms with Gasteiger partial charge in [0.05, 0.1) is 17.1 Å².